The number of ether oxygens (including phenoxy) is 3. The second-order valence-electron chi connectivity index (χ2n) is 5.03. The summed E-state index contributed by atoms with van der Waals surface area (Å²) in [6, 6.07) is 5.55. The first-order chi connectivity index (χ1) is 9.05. The highest BCUT2D eigenvalue weighted by Crippen LogP contribution is 2.27. The van der Waals surface area contributed by atoms with Gasteiger partial charge in [-0.3, -0.25) is 0 Å². The predicted molar refractivity (Wildman–Crippen MR) is 77.3 cm³/mol. The Morgan fingerprint density at radius 1 is 0.895 bits per heavy atom. The molecule has 0 radical (unpaired) electrons. The Hall–Kier alpha value is -1.42. The minimum absolute atomic E-state index is 0.0931. The second kappa shape index (κ2) is 7.89. The van der Waals surface area contributed by atoms with Crippen molar-refractivity contribution >= 4 is 0 Å². The topological polar surface area (TPSA) is 39.7 Å². The first-order valence-electron chi connectivity index (χ1n) is 6.65. The highest BCUT2D eigenvalue weighted by molar-refractivity contribution is 5.42. The van der Waals surface area contributed by atoms with Gasteiger partial charge in [0.1, 0.15) is 23.4 Å². The van der Waals surface area contributed by atoms with E-state index < -0.39 is 0 Å². The summed E-state index contributed by atoms with van der Waals surface area (Å²) in [7, 11) is 3.26. The average Bonchev–Trinajstić information content (AvgIpc) is 2.37. The van der Waals surface area contributed by atoms with Crippen molar-refractivity contribution in [2.45, 2.75) is 26.9 Å². The molecule has 19 heavy (non-hydrogen) atoms. The van der Waals surface area contributed by atoms with E-state index in [1.807, 2.05) is 25.1 Å². The third-order valence-corrected chi connectivity index (χ3v) is 2.65. The Labute approximate surface area is 116 Å². The van der Waals surface area contributed by atoms with E-state index in [1.165, 1.54) is 0 Å². The molecule has 0 aliphatic rings. The zero-order valence-electron chi connectivity index (χ0n) is 12.5. The van der Waals surface area contributed by atoms with Crippen LogP contribution in [0.25, 0.3) is 0 Å². The van der Waals surface area contributed by atoms with Crippen molar-refractivity contribution in [2.24, 2.45) is 5.92 Å². The molecular formula is C15H25NO3. The molecule has 4 heteroatoms. The van der Waals surface area contributed by atoms with Gasteiger partial charge in [0.25, 0.3) is 0 Å². The number of methoxy groups -OCH3 is 2. The van der Waals surface area contributed by atoms with Crippen molar-refractivity contribution in [1.82, 2.24) is 5.32 Å². The van der Waals surface area contributed by atoms with Gasteiger partial charge < -0.3 is 19.5 Å². The molecule has 0 bridgehead atoms. The Morgan fingerprint density at radius 3 is 1.89 bits per heavy atom. The maximum atomic E-state index is 5.86. The first-order valence-corrected chi connectivity index (χ1v) is 6.65. The Balaban J connectivity index is 2.55. The highest BCUT2D eigenvalue weighted by Gasteiger charge is 2.07. The van der Waals surface area contributed by atoms with Crippen LogP contribution in [0.1, 0.15) is 20.8 Å². The van der Waals surface area contributed by atoms with Crippen LogP contribution in [0.2, 0.25) is 0 Å². The van der Waals surface area contributed by atoms with Gasteiger partial charge in [0, 0.05) is 24.7 Å². The van der Waals surface area contributed by atoms with Gasteiger partial charge in [-0.25, -0.2) is 0 Å². The lowest BCUT2D eigenvalue weighted by Crippen LogP contribution is -2.31. The van der Waals surface area contributed by atoms with Crippen LogP contribution in [-0.2, 0) is 0 Å². The van der Waals surface area contributed by atoms with Crippen molar-refractivity contribution in [1.29, 1.82) is 0 Å². The van der Waals surface area contributed by atoms with Crippen molar-refractivity contribution in [3.8, 4) is 17.2 Å². The average molecular weight is 267 g/mol. The largest absolute Gasteiger partial charge is 0.496 e. The van der Waals surface area contributed by atoms with E-state index in [2.05, 4.69) is 19.2 Å². The fourth-order valence-corrected chi connectivity index (χ4v) is 1.70. The van der Waals surface area contributed by atoms with E-state index in [-0.39, 0.29) is 6.10 Å². The summed E-state index contributed by atoms with van der Waals surface area (Å²) in [5, 5.41) is 3.37. The zero-order valence-corrected chi connectivity index (χ0v) is 12.5. The molecule has 0 aromatic heterocycles. The molecule has 0 heterocycles. The quantitative estimate of drug-likeness (QED) is 0.786. The van der Waals surface area contributed by atoms with Crippen LogP contribution >= 0.6 is 0 Å². The molecule has 108 valence electrons. The molecule has 1 unspecified atom stereocenters. The number of hydrogen-bond donors (Lipinski definition) is 1. The monoisotopic (exact) mass is 267 g/mol. The van der Waals surface area contributed by atoms with E-state index in [9.17, 15) is 0 Å². The molecule has 1 rings (SSSR count). The van der Waals surface area contributed by atoms with Gasteiger partial charge in [-0.1, -0.05) is 13.8 Å². The minimum atomic E-state index is 0.0931. The van der Waals surface area contributed by atoms with Crippen LogP contribution in [0.5, 0.6) is 17.2 Å². The summed E-state index contributed by atoms with van der Waals surface area (Å²) in [6.07, 6.45) is 0.0931. The molecule has 0 saturated heterocycles. The molecule has 1 atom stereocenters. The summed E-state index contributed by atoms with van der Waals surface area (Å²) in [5.74, 6) is 2.87. The van der Waals surface area contributed by atoms with Gasteiger partial charge >= 0.3 is 0 Å². The SMILES string of the molecule is COc1cc(OC)cc(OC(C)CNCC(C)C)c1. The van der Waals surface area contributed by atoms with Crippen LogP contribution in [0.4, 0.5) is 0 Å². The molecule has 1 aromatic rings. The third kappa shape index (κ3) is 5.83. The molecule has 0 aliphatic carbocycles. The van der Waals surface area contributed by atoms with E-state index in [1.54, 1.807) is 14.2 Å². The summed E-state index contributed by atoms with van der Waals surface area (Å²) in [5.41, 5.74) is 0. The zero-order chi connectivity index (χ0) is 14.3. The maximum absolute atomic E-state index is 5.86. The van der Waals surface area contributed by atoms with Crippen LogP contribution in [-0.4, -0.2) is 33.4 Å². The van der Waals surface area contributed by atoms with E-state index >= 15 is 0 Å². The Kier molecular flexibility index (Phi) is 6.50. The molecule has 4 nitrogen and oxygen atoms in total. The summed E-state index contributed by atoms with van der Waals surface area (Å²) in [4.78, 5) is 0. The lowest BCUT2D eigenvalue weighted by Gasteiger charge is -2.17. The number of rotatable bonds is 8. The van der Waals surface area contributed by atoms with Gasteiger partial charge in [0.2, 0.25) is 0 Å². The van der Waals surface area contributed by atoms with E-state index in [4.69, 9.17) is 14.2 Å². The summed E-state index contributed by atoms with van der Waals surface area (Å²) >= 11 is 0. The lowest BCUT2D eigenvalue weighted by atomic mass is 10.2. The second-order valence-corrected chi connectivity index (χ2v) is 5.03. The van der Waals surface area contributed by atoms with Gasteiger partial charge in [-0.2, -0.15) is 0 Å². The van der Waals surface area contributed by atoms with E-state index in [0.717, 1.165) is 30.3 Å². The van der Waals surface area contributed by atoms with Gasteiger partial charge in [-0.15, -0.1) is 0 Å². The number of benzene rings is 1. The Bertz CT molecular complexity index is 357. The molecule has 0 fully saturated rings. The molecule has 0 spiro atoms. The minimum Gasteiger partial charge on any atom is -0.496 e. The molecule has 0 aliphatic heterocycles. The van der Waals surface area contributed by atoms with Crippen molar-refractivity contribution in [3.05, 3.63) is 18.2 Å². The normalized spacial score (nSPS) is 12.3. The van der Waals surface area contributed by atoms with Gasteiger partial charge in [0.15, 0.2) is 0 Å². The fourth-order valence-electron chi connectivity index (χ4n) is 1.70. The van der Waals surface area contributed by atoms with Crippen LogP contribution in [0.3, 0.4) is 0 Å². The standard InChI is InChI=1S/C15H25NO3/c1-11(2)9-16-10-12(3)19-15-7-13(17-4)6-14(8-15)18-5/h6-8,11-12,16H,9-10H2,1-5H3. The van der Waals surface area contributed by atoms with Crippen LogP contribution in [0.15, 0.2) is 18.2 Å². The lowest BCUT2D eigenvalue weighted by molar-refractivity contribution is 0.214. The predicted octanol–water partition coefficient (Wildman–Crippen LogP) is 2.72. The summed E-state index contributed by atoms with van der Waals surface area (Å²) in [6.45, 7) is 8.23. The van der Waals surface area contributed by atoms with E-state index in [0.29, 0.717) is 5.92 Å². The van der Waals surface area contributed by atoms with Gasteiger partial charge in [-0.05, 0) is 19.4 Å². The third-order valence-electron chi connectivity index (χ3n) is 2.65. The smallest absolute Gasteiger partial charge is 0.127 e. The number of hydrogen-bond acceptors (Lipinski definition) is 4. The van der Waals surface area contributed by atoms with Gasteiger partial charge in [0.05, 0.1) is 14.2 Å². The van der Waals surface area contributed by atoms with Crippen molar-refractivity contribution < 1.29 is 14.2 Å². The van der Waals surface area contributed by atoms with Crippen LogP contribution in [0, 0.1) is 5.92 Å². The molecule has 1 aromatic carbocycles. The summed E-state index contributed by atoms with van der Waals surface area (Å²) < 4.78 is 16.3. The molecule has 1 N–H and O–H groups in total. The van der Waals surface area contributed by atoms with Crippen molar-refractivity contribution in [2.75, 3.05) is 27.3 Å². The maximum Gasteiger partial charge on any atom is 0.127 e. The Morgan fingerprint density at radius 2 is 1.42 bits per heavy atom. The van der Waals surface area contributed by atoms with Crippen LogP contribution < -0.4 is 19.5 Å². The molecular weight excluding hydrogens is 242 g/mol. The van der Waals surface area contributed by atoms with Crippen molar-refractivity contribution in [3.63, 3.8) is 0 Å². The highest BCUT2D eigenvalue weighted by atomic mass is 16.5. The number of nitrogens with one attached hydrogen (secondary N) is 1. The molecule has 0 amide bonds. The fraction of sp³-hybridized carbons (Fsp3) is 0.600. The first kappa shape index (κ1) is 15.6. The molecule has 0 saturated carbocycles.